The van der Waals surface area contributed by atoms with Crippen molar-refractivity contribution in [1.29, 1.82) is 0 Å². The largest absolute Gasteiger partial charge is 0.387 e. The predicted molar refractivity (Wildman–Crippen MR) is 54.5 cm³/mol. The Labute approximate surface area is 87.9 Å². The molecule has 0 bridgehead atoms. The third kappa shape index (κ3) is 3.25. The van der Waals surface area contributed by atoms with Gasteiger partial charge in [-0.3, -0.25) is 0 Å². The van der Waals surface area contributed by atoms with Crippen molar-refractivity contribution < 1.29 is 13.9 Å². The minimum Gasteiger partial charge on any atom is -0.387 e. The van der Waals surface area contributed by atoms with Crippen LogP contribution in [0.3, 0.4) is 0 Å². The lowest BCUT2D eigenvalue weighted by atomic mass is 10.1. The maximum Gasteiger partial charge on any atom is 0.164 e. The smallest absolute Gasteiger partial charge is 0.164 e. The highest BCUT2D eigenvalue weighted by Crippen LogP contribution is 2.18. The Morgan fingerprint density at radius 1 is 1.33 bits per heavy atom. The zero-order valence-corrected chi connectivity index (χ0v) is 8.80. The molecule has 0 amide bonds. The van der Waals surface area contributed by atoms with Gasteiger partial charge < -0.3 is 10.4 Å². The van der Waals surface area contributed by atoms with E-state index in [1.54, 1.807) is 0 Å². The fourth-order valence-electron chi connectivity index (χ4n) is 1.24. The van der Waals surface area contributed by atoms with Crippen molar-refractivity contribution in [2.24, 2.45) is 0 Å². The molecule has 4 heteroatoms. The molecule has 1 unspecified atom stereocenters. The van der Waals surface area contributed by atoms with Gasteiger partial charge in [-0.1, -0.05) is 26.0 Å². The van der Waals surface area contributed by atoms with Crippen molar-refractivity contribution in [1.82, 2.24) is 5.32 Å². The van der Waals surface area contributed by atoms with Crippen molar-refractivity contribution in [2.45, 2.75) is 26.0 Å². The second kappa shape index (κ2) is 5.19. The van der Waals surface area contributed by atoms with E-state index in [-0.39, 0.29) is 18.2 Å². The molecule has 1 aromatic rings. The van der Waals surface area contributed by atoms with Crippen LogP contribution in [0.1, 0.15) is 25.5 Å². The highest BCUT2D eigenvalue weighted by atomic mass is 19.2. The second-order valence-electron chi connectivity index (χ2n) is 3.72. The molecule has 0 heterocycles. The topological polar surface area (TPSA) is 32.3 Å². The lowest BCUT2D eigenvalue weighted by Crippen LogP contribution is -2.28. The van der Waals surface area contributed by atoms with Gasteiger partial charge >= 0.3 is 0 Å². The molecule has 0 aromatic heterocycles. The first-order valence-electron chi connectivity index (χ1n) is 4.87. The van der Waals surface area contributed by atoms with Crippen LogP contribution in [-0.2, 0) is 0 Å². The van der Waals surface area contributed by atoms with Crippen LogP contribution < -0.4 is 5.32 Å². The van der Waals surface area contributed by atoms with E-state index in [4.69, 9.17) is 0 Å². The number of halogens is 2. The zero-order valence-electron chi connectivity index (χ0n) is 8.80. The van der Waals surface area contributed by atoms with Gasteiger partial charge in [-0.15, -0.1) is 0 Å². The molecular formula is C11H15F2NO. The van der Waals surface area contributed by atoms with Crippen molar-refractivity contribution in [3.8, 4) is 0 Å². The van der Waals surface area contributed by atoms with E-state index < -0.39 is 17.7 Å². The molecule has 84 valence electrons. The number of aliphatic hydroxyl groups excluding tert-OH is 1. The van der Waals surface area contributed by atoms with E-state index in [1.807, 2.05) is 13.8 Å². The third-order valence-corrected chi connectivity index (χ3v) is 2.06. The lowest BCUT2D eigenvalue weighted by Gasteiger charge is -2.15. The van der Waals surface area contributed by atoms with Gasteiger partial charge in [0.05, 0.1) is 6.10 Å². The summed E-state index contributed by atoms with van der Waals surface area (Å²) >= 11 is 0. The van der Waals surface area contributed by atoms with Gasteiger partial charge in [0.2, 0.25) is 0 Å². The minimum absolute atomic E-state index is 0.0110. The summed E-state index contributed by atoms with van der Waals surface area (Å²) in [6.07, 6.45) is -1.02. The summed E-state index contributed by atoms with van der Waals surface area (Å²) in [7, 11) is 0. The maximum atomic E-state index is 13.2. The van der Waals surface area contributed by atoms with Crippen LogP contribution >= 0.6 is 0 Å². The van der Waals surface area contributed by atoms with Crippen molar-refractivity contribution in [3.05, 3.63) is 35.4 Å². The van der Waals surface area contributed by atoms with Crippen LogP contribution in [0, 0.1) is 11.6 Å². The van der Waals surface area contributed by atoms with Gasteiger partial charge in [0, 0.05) is 18.2 Å². The number of nitrogens with one attached hydrogen (secondary N) is 1. The van der Waals surface area contributed by atoms with E-state index in [0.717, 1.165) is 6.07 Å². The number of hydrogen-bond donors (Lipinski definition) is 2. The van der Waals surface area contributed by atoms with Crippen molar-refractivity contribution in [2.75, 3.05) is 6.54 Å². The Morgan fingerprint density at radius 2 is 2.00 bits per heavy atom. The van der Waals surface area contributed by atoms with Gasteiger partial charge in [0.1, 0.15) is 0 Å². The molecule has 0 aliphatic carbocycles. The van der Waals surface area contributed by atoms with Gasteiger partial charge in [0.25, 0.3) is 0 Å². The molecule has 0 aliphatic heterocycles. The van der Waals surface area contributed by atoms with E-state index >= 15 is 0 Å². The standard InChI is InChI=1S/C11H15F2NO/c1-7(2)14-6-10(15)8-4-3-5-9(12)11(8)13/h3-5,7,10,14-15H,6H2,1-2H3. The normalized spacial score (nSPS) is 13.2. The molecular weight excluding hydrogens is 200 g/mol. The van der Waals surface area contributed by atoms with Crippen LogP contribution in [0.5, 0.6) is 0 Å². The first-order valence-corrected chi connectivity index (χ1v) is 4.87. The molecule has 1 atom stereocenters. The average Bonchev–Trinajstić information content (AvgIpc) is 2.18. The van der Waals surface area contributed by atoms with Crippen molar-refractivity contribution >= 4 is 0 Å². The van der Waals surface area contributed by atoms with Crippen LogP contribution in [0.2, 0.25) is 0 Å². The maximum absolute atomic E-state index is 13.2. The number of aliphatic hydroxyl groups is 1. The van der Waals surface area contributed by atoms with Gasteiger partial charge in [0.15, 0.2) is 11.6 Å². The summed E-state index contributed by atoms with van der Waals surface area (Å²) in [4.78, 5) is 0. The summed E-state index contributed by atoms with van der Waals surface area (Å²) in [5.74, 6) is -1.91. The molecule has 0 radical (unpaired) electrons. The average molecular weight is 215 g/mol. The summed E-state index contributed by atoms with van der Waals surface area (Å²) in [5.41, 5.74) is -0.0110. The first-order chi connectivity index (χ1) is 7.02. The first kappa shape index (κ1) is 12.1. The van der Waals surface area contributed by atoms with Crippen LogP contribution in [0.4, 0.5) is 8.78 Å². The molecule has 0 aliphatic rings. The highest BCUT2D eigenvalue weighted by Gasteiger charge is 2.15. The molecule has 0 fully saturated rings. The Morgan fingerprint density at radius 3 is 2.60 bits per heavy atom. The quantitative estimate of drug-likeness (QED) is 0.805. The third-order valence-electron chi connectivity index (χ3n) is 2.06. The van der Waals surface area contributed by atoms with Gasteiger partial charge in [-0.05, 0) is 6.07 Å². The highest BCUT2D eigenvalue weighted by molar-refractivity contribution is 5.21. The van der Waals surface area contributed by atoms with Crippen molar-refractivity contribution in [3.63, 3.8) is 0 Å². The second-order valence-corrected chi connectivity index (χ2v) is 3.72. The van der Waals surface area contributed by atoms with E-state index in [1.165, 1.54) is 12.1 Å². The molecule has 0 saturated carbocycles. The van der Waals surface area contributed by atoms with E-state index in [9.17, 15) is 13.9 Å². The van der Waals surface area contributed by atoms with Gasteiger partial charge in [-0.2, -0.15) is 0 Å². The monoisotopic (exact) mass is 215 g/mol. The molecule has 1 rings (SSSR count). The van der Waals surface area contributed by atoms with E-state index in [2.05, 4.69) is 5.32 Å². The van der Waals surface area contributed by atoms with Gasteiger partial charge in [-0.25, -0.2) is 8.78 Å². The summed E-state index contributed by atoms with van der Waals surface area (Å²) in [6.45, 7) is 4.03. The Kier molecular flexibility index (Phi) is 4.17. The van der Waals surface area contributed by atoms with Crippen LogP contribution in [0.15, 0.2) is 18.2 Å². The number of hydrogen-bond acceptors (Lipinski definition) is 2. The molecule has 0 spiro atoms. The fourth-order valence-corrected chi connectivity index (χ4v) is 1.24. The summed E-state index contributed by atoms with van der Waals surface area (Å²) < 4.78 is 26.0. The summed E-state index contributed by atoms with van der Waals surface area (Å²) in [6, 6.07) is 3.98. The van der Waals surface area contributed by atoms with E-state index in [0.29, 0.717) is 0 Å². The fraction of sp³-hybridized carbons (Fsp3) is 0.455. The summed E-state index contributed by atoms with van der Waals surface area (Å²) in [5, 5.41) is 12.6. The Balaban J connectivity index is 2.73. The number of rotatable bonds is 4. The zero-order chi connectivity index (χ0) is 11.4. The molecule has 0 saturated heterocycles. The molecule has 1 aromatic carbocycles. The Bertz CT molecular complexity index is 328. The van der Waals surface area contributed by atoms with Crippen LogP contribution in [-0.4, -0.2) is 17.7 Å². The lowest BCUT2D eigenvalue weighted by molar-refractivity contribution is 0.166. The van der Waals surface area contributed by atoms with Crippen LogP contribution in [0.25, 0.3) is 0 Å². The number of benzene rings is 1. The molecule has 15 heavy (non-hydrogen) atoms. The Hall–Kier alpha value is -1.00. The predicted octanol–water partition coefficient (Wildman–Crippen LogP) is 2.00. The SMILES string of the molecule is CC(C)NCC(O)c1cccc(F)c1F. The molecule has 2 nitrogen and oxygen atoms in total. The minimum atomic E-state index is -1.02. The molecule has 2 N–H and O–H groups in total.